The highest BCUT2D eigenvalue weighted by molar-refractivity contribution is 7.92. The number of sulfone groups is 1. The quantitative estimate of drug-likeness (QED) is 0.579. The van der Waals surface area contributed by atoms with E-state index in [1.54, 1.807) is 22.8 Å². The van der Waals surface area contributed by atoms with Crippen molar-refractivity contribution < 1.29 is 18.0 Å². The van der Waals surface area contributed by atoms with Crippen LogP contribution in [0.15, 0.2) is 59.6 Å². The molecule has 0 spiro atoms. The van der Waals surface area contributed by atoms with Crippen molar-refractivity contribution in [2.24, 2.45) is 0 Å². The van der Waals surface area contributed by atoms with Crippen LogP contribution in [0.3, 0.4) is 0 Å². The number of likely N-dealkylation sites (tertiary alicyclic amines) is 1. The molecule has 1 aliphatic rings. The monoisotopic (exact) mass is 467 g/mol. The summed E-state index contributed by atoms with van der Waals surface area (Å²) in [5.41, 5.74) is 2.68. The summed E-state index contributed by atoms with van der Waals surface area (Å²) in [4.78, 5) is 27.1. The molecule has 3 aromatic rings. The van der Waals surface area contributed by atoms with Crippen LogP contribution in [0.25, 0.3) is 10.9 Å². The number of aryl methyl sites for hydroxylation is 1. The van der Waals surface area contributed by atoms with Crippen LogP contribution in [-0.4, -0.2) is 48.5 Å². The highest BCUT2D eigenvalue weighted by Gasteiger charge is 2.25. The average Bonchev–Trinajstić information content (AvgIpc) is 3.18. The third-order valence-corrected chi connectivity index (χ3v) is 7.67. The lowest BCUT2D eigenvalue weighted by Gasteiger charge is -2.27. The maximum atomic E-state index is 13.1. The topological polar surface area (TPSA) is 88.5 Å². The van der Waals surface area contributed by atoms with Crippen LogP contribution in [-0.2, 0) is 32.5 Å². The number of hydrogen-bond donors (Lipinski definition) is 1. The second-order valence-corrected chi connectivity index (χ2v) is 10.6. The largest absolute Gasteiger partial charge is 0.351 e. The van der Waals surface area contributed by atoms with Gasteiger partial charge >= 0.3 is 0 Å². The zero-order valence-corrected chi connectivity index (χ0v) is 19.6. The number of carbonyl (C=O) groups is 2. The molecule has 1 fully saturated rings. The third-order valence-electron chi connectivity index (χ3n) is 6.03. The van der Waals surface area contributed by atoms with Crippen molar-refractivity contribution in [2.75, 3.05) is 18.8 Å². The maximum Gasteiger partial charge on any atom is 0.242 e. The predicted molar refractivity (Wildman–Crippen MR) is 127 cm³/mol. The summed E-state index contributed by atoms with van der Waals surface area (Å²) in [6.45, 7) is 3.80. The van der Waals surface area contributed by atoms with Crippen molar-refractivity contribution in [1.29, 1.82) is 0 Å². The minimum atomic E-state index is -3.89. The van der Waals surface area contributed by atoms with Gasteiger partial charge in [0.2, 0.25) is 11.8 Å². The van der Waals surface area contributed by atoms with Crippen molar-refractivity contribution in [3.05, 3.63) is 65.9 Å². The molecule has 0 atom stereocenters. The Morgan fingerprint density at radius 3 is 2.39 bits per heavy atom. The van der Waals surface area contributed by atoms with Gasteiger partial charge in [-0.2, -0.15) is 0 Å². The van der Waals surface area contributed by atoms with E-state index >= 15 is 0 Å². The number of amides is 2. The number of benzene rings is 2. The number of rotatable bonds is 7. The lowest BCUT2D eigenvalue weighted by atomic mass is 10.1. The lowest BCUT2D eigenvalue weighted by molar-refractivity contribution is -0.132. The van der Waals surface area contributed by atoms with Crippen molar-refractivity contribution in [3.8, 4) is 0 Å². The molecule has 0 aliphatic carbocycles. The molecule has 0 saturated carbocycles. The van der Waals surface area contributed by atoms with Crippen molar-refractivity contribution in [1.82, 2.24) is 14.8 Å². The molecule has 1 aliphatic heterocycles. The molecular weight excluding hydrogens is 438 g/mol. The number of para-hydroxylation sites is 1. The van der Waals surface area contributed by atoms with E-state index in [4.69, 9.17) is 0 Å². The van der Waals surface area contributed by atoms with E-state index in [-0.39, 0.29) is 23.9 Å². The Kier molecular flexibility index (Phi) is 6.83. The Balaban J connectivity index is 1.50. The molecule has 0 radical (unpaired) electrons. The summed E-state index contributed by atoms with van der Waals surface area (Å²) in [7, 11) is -3.89. The van der Waals surface area contributed by atoms with Gasteiger partial charge in [-0.05, 0) is 37.8 Å². The van der Waals surface area contributed by atoms with Crippen molar-refractivity contribution in [3.63, 3.8) is 0 Å². The van der Waals surface area contributed by atoms with Gasteiger partial charge in [-0.25, -0.2) is 8.42 Å². The first-order valence-corrected chi connectivity index (χ1v) is 12.9. The van der Waals surface area contributed by atoms with E-state index in [0.29, 0.717) is 10.9 Å². The van der Waals surface area contributed by atoms with Crippen LogP contribution in [0.2, 0.25) is 0 Å². The SMILES string of the molecule is Cc1ccc(CNC(=O)CS(=O)(=O)c2cn(CC(=O)N3CCCCC3)c3ccccc23)cc1. The van der Waals surface area contributed by atoms with Gasteiger partial charge in [0.05, 0.1) is 4.90 Å². The van der Waals surface area contributed by atoms with Gasteiger partial charge in [0.1, 0.15) is 12.3 Å². The number of carbonyl (C=O) groups excluding carboxylic acids is 2. The predicted octanol–water partition coefficient (Wildman–Crippen LogP) is 3.05. The Bertz CT molecular complexity index is 1260. The van der Waals surface area contributed by atoms with Crippen molar-refractivity contribution in [2.45, 2.75) is 44.2 Å². The Hall–Kier alpha value is -3.13. The molecule has 8 heteroatoms. The van der Waals surface area contributed by atoms with E-state index in [9.17, 15) is 18.0 Å². The zero-order chi connectivity index (χ0) is 23.4. The summed E-state index contributed by atoms with van der Waals surface area (Å²) in [5, 5.41) is 3.21. The normalized spacial score (nSPS) is 14.4. The number of nitrogens with zero attached hydrogens (tertiary/aromatic N) is 2. The molecule has 0 bridgehead atoms. The summed E-state index contributed by atoms with van der Waals surface area (Å²) in [6.07, 6.45) is 4.62. The van der Waals surface area contributed by atoms with Gasteiger partial charge < -0.3 is 14.8 Å². The van der Waals surface area contributed by atoms with Crippen LogP contribution < -0.4 is 5.32 Å². The van der Waals surface area contributed by atoms with Gasteiger partial charge in [0.25, 0.3) is 0 Å². The summed E-state index contributed by atoms with van der Waals surface area (Å²) in [5.74, 6) is -1.22. The Morgan fingerprint density at radius 1 is 0.970 bits per heavy atom. The number of hydrogen-bond acceptors (Lipinski definition) is 4. The molecule has 1 N–H and O–H groups in total. The summed E-state index contributed by atoms with van der Waals surface area (Å²) in [6, 6.07) is 14.8. The minimum absolute atomic E-state index is 0.0183. The average molecular weight is 468 g/mol. The van der Waals surface area contributed by atoms with Gasteiger partial charge in [0.15, 0.2) is 9.84 Å². The summed E-state index contributed by atoms with van der Waals surface area (Å²) < 4.78 is 28.0. The van der Waals surface area contributed by atoms with E-state index in [1.165, 1.54) is 6.20 Å². The molecule has 7 nitrogen and oxygen atoms in total. The molecular formula is C25H29N3O4S. The van der Waals surface area contributed by atoms with Crippen LogP contribution in [0.5, 0.6) is 0 Å². The van der Waals surface area contributed by atoms with E-state index in [0.717, 1.165) is 43.5 Å². The molecule has 174 valence electrons. The first-order valence-electron chi connectivity index (χ1n) is 11.2. The molecule has 2 aromatic carbocycles. The molecule has 2 heterocycles. The molecule has 2 amide bonds. The highest BCUT2D eigenvalue weighted by Crippen LogP contribution is 2.26. The number of fused-ring (bicyclic) bond motifs is 1. The fraction of sp³-hybridized carbons (Fsp3) is 0.360. The molecule has 4 rings (SSSR count). The first kappa shape index (κ1) is 23.0. The van der Waals surface area contributed by atoms with E-state index < -0.39 is 21.5 Å². The van der Waals surface area contributed by atoms with E-state index in [1.807, 2.05) is 42.2 Å². The first-order chi connectivity index (χ1) is 15.8. The van der Waals surface area contributed by atoms with Crippen LogP contribution in [0.1, 0.15) is 30.4 Å². The number of piperidine rings is 1. The second kappa shape index (κ2) is 9.79. The second-order valence-electron chi connectivity index (χ2n) is 8.60. The molecule has 0 unspecified atom stereocenters. The van der Waals surface area contributed by atoms with Crippen LogP contribution >= 0.6 is 0 Å². The highest BCUT2D eigenvalue weighted by atomic mass is 32.2. The zero-order valence-electron chi connectivity index (χ0n) is 18.8. The van der Waals surface area contributed by atoms with Gasteiger partial charge in [-0.1, -0.05) is 48.0 Å². The van der Waals surface area contributed by atoms with Crippen LogP contribution in [0, 0.1) is 6.92 Å². The fourth-order valence-corrected chi connectivity index (χ4v) is 5.59. The smallest absolute Gasteiger partial charge is 0.242 e. The minimum Gasteiger partial charge on any atom is -0.351 e. The van der Waals surface area contributed by atoms with Crippen LogP contribution in [0.4, 0.5) is 0 Å². The third kappa shape index (κ3) is 5.45. The maximum absolute atomic E-state index is 13.1. The molecule has 1 saturated heterocycles. The molecule has 1 aromatic heterocycles. The van der Waals surface area contributed by atoms with E-state index in [2.05, 4.69) is 5.32 Å². The number of nitrogens with one attached hydrogen (secondary N) is 1. The summed E-state index contributed by atoms with van der Waals surface area (Å²) >= 11 is 0. The van der Waals surface area contributed by atoms with Gasteiger partial charge in [0, 0.05) is 36.7 Å². The lowest BCUT2D eigenvalue weighted by Crippen LogP contribution is -2.37. The Morgan fingerprint density at radius 2 is 1.67 bits per heavy atom. The van der Waals surface area contributed by atoms with Gasteiger partial charge in [-0.15, -0.1) is 0 Å². The van der Waals surface area contributed by atoms with Crippen molar-refractivity contribution >= 4 is 32.6 Å². The standard InChI is InChI=1S/C25H29N3O4S/c1-19-9-11-20(12-10-19)15-26-24(29)18-33(31,32)23-16-28(22-8-4-3-7-21(22)23)17-25(30)27-13-5-2-6-14-27/h3-4,7-12,16H,2,5-6,13-15,17-18H2,1H3,(H,26,29). The fourth-order valence-electron chi connectivity index (χ4n) is 4.19. The number of aromatic nitrogens is 1. The molecule has 33 heavy (non-hydrogen) atoms. The van der Waals surface area contributed by atoms with Gasteiger partial charge in [-0.3, -0.25) is 9.59 Å². The Labute approximate surface area is 194 Å².